The molecule has 0 aliphatic carbocycles. The Bertz CT molecular complexity index is 317. The molecule has 0 aromatic carbocycles. The van der Waals surface area contributed by atoms with Gasteiger partial charge in [-0.15, -0.1) is 0 Å². The van der Waals surface area contributed by atoms with Crippen LogP contribution in [0.15, 0.2) is 23.2 Å². The average molecular weight is 135 g/mol. The largest absolute Gasteiger partial charge is 0.427 e. The summed E-state index contributed by atoms with van der Waals surface area (Å²) in [5.74, 6) is 0.535. The van der Waals surface area contributed by atoms with Crippen LogP contribution in [0, 0.1) is 0 Å². The van der Waals surface area contributed by atoms with Crippen LogP contribution in [-0.4, -0.2) is 9.97 Å². The van der Waals surface area contributed by atoms with E-state index >= 15 is 0 Å². The summed E-state index contributed by atoms with van der Waals surface area (Å²) in [5.41, 5.74) is 6.88. The van der Waals surface area contributed by atoms with Gasteiger partial charge in [0.2, 0.25) is 5.89 Å². The smallest absolute Gasteiger partial charge is 0.231 e. The molecule has 2 N–H and O–H groups in total. The Morgan fingerprint density at radius 2 is 2.30 bits per heavy atom. The Kier molecular flexibility index (Phi) is 0.887. The summed E-state index contributed by atoms with van der Waals surface area (Å²) in [6, 6.07) is 0. The highest BCUT2D eigenvalue weighted by molar-refractivity contribution is 5.70. The first-order chi connectivity index (χ1) is 4.88. The predicted octanol–water partition coefficient (Wildman–Crippen LogP) is 0.757. The molecule has 0 aromatic rings. The Labute approximate surface area is 57.0 Å². The Balaban J connectivity index is 2.78. The zero-order valence-corrected chi connectivity index (χ0v) is 5.11. The highest BCUT2D eigenvalue weighted by atomic mass is 16.3. The van der Waals surface area contributed by atoms with Gasteiger partial charge < -0.3 is 10.2 Å². The molecule has 0 saturated heterocycles. The fourth-order valence-corrected chi connectivity index (χ4v) is 0.800. The second kappa shape index (κ2) is 1.70. The van der Waals surface area contributed by atoms with Crippen molar-refractivity contribution in [1.82, 2.24) is 9.97 Å². The summed E-state index contributed by atoms with van der Waals surface area (Å²) in [7, 11) is 0. The van der Waals surface area contributed by atoms with Gasteiger partial charge in [0.05, 0.1) is 17.4 Å². The van der Waals surface area contributed by atoms with Gasteiger partial charge in [-0.2, -0.15) is 0 Å². The van der Waals surface area contributed by atoms with Gasteiger partial charge in [-0.05, 0) is 0 Å². The lowest BCUT2D eigenvalue weighted by Crippen LogP contribution is -1.84. The molecule has 0 spiro atoms. The van der Waals surface area contributed by atoms with E-state index in [0.29, 0.717) is 11.6 Å². The van der Waals surface area contributed by atoms with Gasteiger partial charge in [0.15, 0.2) is 6.39 Å². The molecule has 2 rings (SSSR count). The van der Waals surface area contributed by atoms with Gasteiger partial charge >= 0.3 is 0 Å². The lowest BCUT2D eigenvalue weighted by Gasteiger charge is -1.92. The molecule has 50 valence electrons. The molecule has 0 aromatic heterocycles. The molecular weight excluding hydrogens is 130 g/mol. The summed E-state index contributed by atoms with van der Waals surface area (Å²) in [6.07, 6.45) is 4.51. The number of nitrogens with two attached hydrogens (primary N) is 1. The molecular formula is C6H5N3O. The Hall–Kier alpha value is -1.58. The van der Waals surface area contributed by atoms with Gasteiger partial charge in [-0.1, -0.05) is 0 Å². The predicted molar refractivity (Wildman–Crippen MR) is 35.3 cm³/mol. The van der Waals surface area contributed by atoms with Crippen molar-refractivity contribution in [3.63, 3.8) is 0 Å². The first kappa shape index (κ1) is 5.22. The number of fused-ring (bicyclic) bond motifs is 1. The van der Waals surface area contributed by atoms with Crippen LogP contribution < -0.4 is 5.73 Å². The third kappa shape index (κ3) is 0.556. The van der Waals surface area contributed by atoms with E-state index in [1.54, 1.807) is 12.4 Å². The maximum atomic E-state index is 5.51. The van der Waals surface area contributed by atoms with Crippen molar-refractivity contribution in [3.8, 4) is 11.5 Å². The first-order valence-electron chi connectivity index (χ1n) is 2.80. The number of anilines is 1. The molecule has 4 heteroatoms. The topological polar surface area (TPSA) is 64.9 Å². The Morgan fingerprint density at radius 3 is 3.10 bits per heavy atom. The van der Waals surface area contributed by atoms with Crippen LogP contribution in [0.1, 0.15) is 0 Å². The van der Waals surface area contributed by atoms with Crippen molar-refractivity contribution in [2.75, 3.05) is 5.73 Å². The summed E-state index contributed by atoms with van der Waals surface area (Å²) in [5, 5.41) is 0. The zero-order chi connectivity index (χ0) is 6.97. The molecule has 0 saturated carbocycles. The summed E-state index contributed by atoms with van der Waals surface area (Å²) < 4.78 is 4.93. The maximum absolute atomic E-state index is 5.51. The van der Waals surface area contributed by atoms with E-state index in [-0.39, 0.29) is 0 Å². The van der Waals surface area contributed by atoms with Crippen molar-refractivity contribution in [2.24, 2.45) is 0 Å². The van der Waals surface area contributed by atoms with Crippen LogP contribution in [0.25, 0.3) is 11.5 Å². The van der Waals surface area contributed by atoms with Gasteiger partial charge in [-0.3, -0.25) is 0 Å². The third-order valence-electron chi connectivity index (χ3n) is 1.29. The van der Waals surface area contributed by atoms with Crippen molar-refractivity contribution < 1.29 is 4.42 Å². The van der Waals surface area contributed by atoms with Crippen LogP contribution in [0.4, 0.5) is 5.69 Å². The van der Waals surface area contributed by atoms with Crippen molar-refractivity contribution in [2.45, 2.75) is 0 Å². The lowest BCUT2D eigenvalue weighted by molar-refractivity contribution is 0.529. The number of aromatic nitrogens is 2. The van der Waals surface area contributed by atoms with E-state index in [9.17, 15) is 0 Å². The molecule has 0 unspecified atom stereocenters. The van der Waals surface area contributed by atoms with E-state index in [4.69, 9.17) is 10.2 Å². The fraction of sp³-hybridized carbons (Fsp3) is 0. The fourth-order valence-electron chi connectivity index (χ4n) is 0.800. The molecule has 2 aliphatic heterocycles. The minimum absolute atomic E-state index is 0.535. The first-order valence-corrected chi connectivity index (χ1v) is 2.80. The highest BCUT2D eigenvalue weighted by Crippen LogP contribution is 2.24. The Morgan fingerprint density at radius 1 is 1.40 bits per heavy atom. The van der Waals surface area contributed by atoms with Gasteiger partial charge in [0.25, 0.3) is 0 Å². The standard InChI is InChI=1S/C6H5N3O/c7-5-2-9-6-4(5)1-8-3-10-6/h1-3H,7H2. The molecule has 0 amide bonds. The van der Waals surface area contributed by atoms with E-state index in [1.807, 2.05) is 0 Å². The van der Waals surface area contributed by atoms with Crippen molar-refractivity contribution in [3.05, 3.63) is 18.8 Å². The minimum atomic E-state index is 0.535. The van der Waals surface area contributed by atoms with E-state index in [2.05, 4.69) is 9.97 Å². The maximum Gasteiger partial charge on any atom is 0.231 e. The molecule has 10 heavy (non-hydrogen) atoms. The molecule has 2 aliphatic rings. The average Bonchev–Trinajstić information content (AvgIpc) is 2.34. The molecule has 0 radical (unpaired) electrons. The number of rotatable bonds is 0. The molecule has 0 atom stereocenters. The van der Waals surface area contributed by atoms with E-state index < -0.39 is 0 Å². The molecule has 0 bridgehead atoms. The zero-order valence-electron chi connectivity index (χ0n) is 5.11. The van der Waals surface area contributed by atoms with Gasteiger partial charge in [0.1, 0.15) is 0 Å². The molecule has 2 heterocycles. The minimum Gasteiger partial charge on any atom is -0.427 e. The number of nitrogens with zero attached hydrogens (tertiary/aromatic N) is 2. The van der Waals surface area contributed by atoms with E-state index in [1.165, 1.54) is 6.39 Å². The highest BCUT2D eigenvalue weighted by Gasteiger charge is 2.09. The van der Waals surface area contributed by atoms with Crippen molar-refractivity contribution in [1.29, 1.82) is 0 Å². The van der Waals surface area contributed by atoms with Crippen LogP contribution in [0.3, 0.4) is 0 Å². The van der Waals surface area contributed by atoms with Crippen molar-refractivity contribution >= 4 is 5.69 Å². The monoisotopic (exact) mass is 135 g/mol. The summed E-state index contributed by atoms with van der Waals surface area (Å²) >= 11 is 0. The van der Waals surface area contributed by atoms with Crippen LogP contribution >= 0.6 is 0 Å². The van der Waals surface area contributed by atoms with Crippen LogP contribution in [0.5, 0.6) is 0 Å². The third-order valence-corrected chi connectivity index (χ3v) is 1.29. The van der Waals surface area contributed by atoms with E-state index in [0.717, 1.165) is 5.56 Å². The number of hydrogen-bond donors (Lipinski definition) is 1. The molecule has 4 nitrogen and oxygen atoms in total. The second-order valence-corrected chi connectivity index (χ2v) is 1.93. The normalized spacial score (nSPS) is 10.4. The number of nitrogen functional groups attached to an aromatic ring is 1. The quantitative estimate of drug-likeness (QED) is 0.579. The SMILES string of the molecule is Nc1cnc2ocncc1-2. The van der Waals surface area contributed by atoms with Crippen LogP contribution in [0.2, 0.25) is 0 Å². The second-order valence-electron chi connectivity index (χ2n) is 1.93. The van der Waals surface area contributed by atoms with Gasteiger partial charge in [0, 0.05) is 6.20 Å². The summed E-state index contributed by atoms with van der Waals surface area (Å²) in [4.78, 5) is 7.65. The molecule has 0 fully saturated rings. The lowest BCUT2D eigenvalue weighted by atomic mass is 10.3. The summed E-state index contributed by atoms with van der Waals surface area (Å²) in [6.45, 7) is 0. The number of hydrogen-bond acceptors (Lipinski definition) is 4. The van der Waals surface area contributed by atoms with Gasteiger partial charge in [-0.25, -0.2) is 9.97 Å². The van der Waals surface area contributed by atoms with Crippen LogP contribution in [-0.2, 0) is 0 Å².